The number of nitrogens with zero attached hydrogens (tertiary/aromatic N) is 1. The van der Waals surface area contributed by atoms with Gasteiger partial charge in [-0.2, -0.15) is 0 Å². The fraction of sp³-hybridized carbons (Fsp3) is 0.517. The van der Waals surface area contributed by atoms with Gasteiger partial charge in [0.25, 0.3) is 0 Å². The van der Waals surface area contributed by atoms with E-state index in [1.807, 2.05) is 27.0 Å². The van der Waals surface area contributed by atoms with Gasteiger partial charge in [0.05, 0.1) is 12.6 Å². The molecule has 1 aromatic carbocycles. The molecule has 4 nitrogen and oxygen atoms in total. The van der Waals surface area contributed by atoms with Crippen LogP contribution in [0, 0.1) is 19.3 Å². The second kappa shape index (κ2) is 14.6. The number of aliphatic imine (C=N–C) groups is 1. The number of benzene rings is 1. The molecule has 1 aliphatic rings. The summed E-state index contributed by atoms with van der Waals surface area (Å²) < 4.78 is 0. The van der Waals surface area contributed by atoms with Crippen LogP contribution in [0.1, 0.15) is 95.4 Å². The maximum atomic E-state index is 9.63. The summed E-state index contributed by atoms with van der Waals surface area (Å²) in [6.07, 6.45) is 11.5. The molecule has 1 unspecified atom stereocenters. The number of rotatable bonds is 9. The highest BCUT2D eigenvalue weighted by atomic mass is 16.3. The average Bonchev–Trinajstić information content (AvgIpc) is 2.80. The number of nitrogens with one attached hydrogen (secondary N) is 1. The number of aliphatic hydroxyl groups is 1. The van der Waals surface area contributed by atoms with Crippen molar-refractivity contribution in [2.45, 2.75) is 93.1 Å². The van der Waals surface area contributed by atoms with Gasteiger partial charge < -0.3 is 16.2 Å². The molecule has 0 fully saturated rings. The minimum absolute atomic E-state index is 0.360. The normalized spacial score (nSPS) is 16.3. The zero-order chi connectivity index (χ0) is 25.0. The fourth-order valence-corrected chi connectivity index (χ4v) is 4.26. The van der Waals surface area contributed by atoms with E-state index in [0.717, 1.165) is 60.9 Å². The van der Waals surface area contributed by atoms with Gasteiger partial charge >= 0.3 is 0 Å². The lowest BCUT2D eigenvalue weighted by Crippen LogP contribution is -2.12. The van der Waals surface area contributed by atoms with Crippen molar-refractivity contribution in [1.29, 1.82) is 5.41 Å². The first-order valence-electron chi connectivity index (χ1n) is 12.5. The zero-order valence-electron chi connectivity index (χ0n) is 21.9. The van der Waals surface area contributed by atoms with E-state index >= 15 is 0 Å². The van der Waals surface area contributed by atoms with Crippen molar-refractivity contribution in [2.75, 3.05) is 6.54 Å². The van der Waals surface area contributed by atoms with Crippen molar-refractivity contribution in [2.24, 2.45) is 10.7 Å². The Hall–Kier alpha value is -2.46. The van der Waals surface area contributed by atoms with Gasteiger partial charge in [-0.15, -0.1) is 0 Å². The lowest BCUT2D eigenvalue weighted by molar-refractivity contribution is 0.204. The molecule has 4 N–H and O–H groups in total. The Morgan fingerprint density at radius 1 is 1.18 bits per heavy atom. The third kappa shape index (κ3) is 7.82. The van der Waals surface area contributed by atoms with Crippen LogP contribution in [0.15, 0.2) is 45.6 Å². The van der Waals surface area contributed by atoms with Gasteiger partial charge in [0, 0.05) is 29.3 Å². The van der Waals surface area contributed by atoms with Crippen LogP contribution in [0.25, 0.3) is 5.57 Å². The third-order valence-corrected chi connectivity index (χ3v) is 5.85. The summed E-state index contributed by atoms with van der Waals surface area (Å²) in [4.78, 5) is 4.47. The van der Waals surface area contributed by atoms with Crippen molar-refractivity contribution in [3.8, 4) is 0 Å². The SMILES string of the molecule is CC.CCC/C=C(C1=C(c2c(C)ccc(C)c2C=N)CCCC1)\C(C=NCC(C)O)=C(/C)N. The van der Waals surface area contributed by atoms with Gasteiger partial charge in [-0.05, 0) is 93.2 Å². The zero-order valence-corrected chi connectivity index (χ0v) is 21.9. The van der Waals surface area contributed by atoms with Crippen molar-refractivity contribution in [3.63, 3.8) is 0 Å². The second-order valence-corrected chi connectivity index (χ2v) is 8.64. The standard InChI is InChI=1S/C27H39N3O.C2H6/c1-6-7-10-23(26(21(5)29)17-30-16-20(4)31)22-11-8-9-12-24(22)27-19(3)14-13-18(2)25(27)15-28;1-2/h10,13-15,17,20,28,31H,6-9,11-12,16,29H2,1-5H3;1-2H3/b23-10-,26-21+,28-15?,30-17?;. The van der Waals surface area contributed by atoms with Crippen molar-refractivity contribution in [1.82, 2.24) is 0 Å². The van der Waals surface area contributed by atoms with Gasteiger partial charge in [0.2, 0.25) is 0 Å². The minimum atomic E-state index is -0.479. The Labute approximate surface area is 201 Å². The fourth-order valence-electron chi connectivity index (χ4n) is 4.26. The van der Waals surface area contributed by atoms with Crippen molar-refractivity contribution < 1.29 is 5.11 Å². The quantitative estimate of drug-likeness (QED) is 0.277. The molecule has 0 radical (unpaired) electrons. The molecule has 33 heavy (non-hydrogen) atoms. The number of allylic oxidation sites excluding steroid dienone is 6. The minimum Gasteiger partial charge on any atom is -0.402 e. The van der Waals surface area contributed by atoms with Gasteiger partial charge in [0.1, 0.15) is 0 Å². The van der Waals surface area contributed by atoms with E-state index < -0.39 is 6.10 Å². The van der Waals surface area contributed by atoms with E-state index in [2.05, 4.69) is 44.0 Å². The molecule has 0 aliphatic heterocycles. The van der Waals surface area contributed by atoms with Crippen LogP contribution in [-0.4, -0.2) is 30.2 Å². The maximum Gasteiger partial charge on any atom is 0.0707 e. The Morgan fingerprint density at radius 2 is 1.82 bits per heavy atom. The van der Waals surface area contributed by atoms with Crippen molar-refractivity contribution in [3.05, 3.63) is 62.9 Å². The van der Waals surface area contributed by atoms with E-state index in [1.165, 1.54) is 34.1 Å². The van der Waals surface area contributed by atoms with Gasteiger partial charge in [0.15, 0.2) is 0 Å². The summed E-state index contributed by atoms with van der Waals surface area (Å²) in [5.74, 6) is 0. The molecule has 4 heteroatoms. The van der Waals surface area contributed by atoms with E-state index in [9.17, 15) is 5.11 Å². The molecule has 0 saturated carbocycles. The molecule has 2 rings (SSSR count). The Morgan fingerprint density at radius 3 is 2.39 bits per heavy atom. The number of nitrogens with two attached hydrogens (primary N) is 1. The molecule has 0 amide bonds. The largest absolute Gasteiger partial charge is 0.402 e. The highest BCUT2D eigenvalue weighted by Gasteiger charge is 2.23. The van der Waals surface area contributed by atoms with Gasteiger partial charge in [-0.25, -0.2) is 0 Å². The molecule has 0 aromatic heterocycles. The first-order valence-corrected chi connectivity index (χ1v) is 12.5. The summed E-state index contributed by atoms with van der Waals surface area (Å²) in [6.45, 7) is 14.4. The third-order valence-electron chi connectivity index (χ3n) is 5.85. The number of aryl methyl sites for hydroxylation is 2. The lowest BCUT2D eigenvalue weighted by atomic mass is 9.78. The van der Waals surface area contributed by atoms with E-state index in [4.69, 9.17) is 11.1 Å². The summed E-state index contributed by atoms with van der Waals surface area (Å²) >= 11 is 0. The van der Waals surface area contributed by atoms with Crippen LogP contribution in [0.2, 0.25) is 0 Å². The topological polar surface area (TPSA) is 82.5 Å². The number of aliphatic hydroxyl groups excluding tert-OH is 1. The number of hydrogen-bond donors (Lipinski definition) is 3. The van der Waals surface area contributed by atoms with Crippen LogP contribution in [0.5, 0.6) is 0 Å². The smallest absolute Gasteiger partial charge is 0.0707 e. The molecule has 1 aromatic rings. The molecule has 0 spiro atoms. The van der Waals surface area contributed by atoms with E-state index in [0.29, 0.717) is 6.54 Å². The van der Waals surface area contributed by atoms with Crippen LogP contribution in [0.4, 0.5) is 0 Å². The van der Waals surface area contributed by atoms with Crippen LogP contribution < -0.4 is 5.73 Å². The predicted molar refractivity (Wildman–Crippen MR) is 145 cm³/mol. The molecular formula is C29H45N3O. The molecule has 1 atom stereocenters. The molecule has 0 heterocycles. The van der Waals surface area contributed by atoms with Gasteiger partial charge in [-0.3, -0.25) is 4.99 Å². The molecule has 0 saturated heterocycles. The summed E-state index contributed by atoms with van der Waals surface area (Å²) in [5.41, 5.74) is 16.5. The van der Waals surface area contributed by atoms with Crippen LogP contribution in [-0.2, 0) is 0 Å². The second-order valence-electron chi connectivity index (χ2n) is 8.64. The first kappa shape index (κ1) is 28.6. The molecule has 1 aliphatic carbocycles. The molecule has 182 valence electrons. The summed E-state index contributed by atoms with van der Waals surface area (Å²) in [5, 5.41) is 17.7. The van der Waals surface area contributed by atoms with Crippen molar-refractivity contribution >= 4 is 18.0 Å². The molecular weight excluding hydrogens is 406 g/mol. The summed E-state index contributed by atoms with van der Waals surface area (Å²) in [6, 6.07) is 4.27. The highest BCUT2D eigenvalue weighted by Crippen LogP contribution is 2.41. The Kier molecular flexibility index (Phi) is 12.7. The van der Waals surface area contributed by atoms with Gasteiger partial charge in [-0.1, -0.05) is 45.4 Å². The van der Waals surface area contributed by atoms with E-state index in [1.54, 1.807) is 6.92 Å². The summed E-state index contributed by atoms with van der Waals surface area (Å²) in [7, 11) is 0. The maximum absolute atomic E-state index is 9.63. The van der Waals surface area contributed by atoms with Crippen LogP contribution in [0.3, 0.4) is 0 Å². The monoisotopic (exact) mass is 451 g/mol. The number of hydrogen-bond acceptors (Lipinski definition) is 4. The molecule has 0 bridgehead atoms. The predicted octanol–water partition coefficient (Wildman–Crippen LogP) is 7.07. The average molecular weight is 452 g/mol. The lowest BCUT2D eigenvalue weighted by Gasteiger charge is -2.27. The van der Waals surface area contributed by atoms with Crippen LogP contribution >= 0.6 is 0 Å². The van der Waals surface area contributed by atoms with E-state index in [-0.39, 0.29) is 0 Å². The first-order chi connectivity index (χ1) is 15.8. The highest BCUT2D eigenvalue weighted by molar-refractivity contribution is 5.94. The Bertz CT molecular complexity index is 913. The Balaban J connectivity index is 0.00000265. The number of unbranched alkanes of at least 4 members (excludes halogenated alkanes) is 1.